The minimum Gasteiger partial charge on any atom is -0.487 e. The molecule has 2 rings (SSSR count). The molecule has 1 aliphatic rings. The van der Waals surface area contributed by atoms with Crippen LogP contribution in [-0.2, 0) is 9.53 Å². The van der Waals surface area contributed by atoms with Gasteiger partial charge in [0.2, 0.25) is 0 Å². The maximum atomic E-state index is 11.4. The Morgan fingerprint density at radius 2 is 2.06 bits per heavy atom. The van der Waals surface area contributed by atoms with Crippen molar-refractivity contribution in [1.82, 2.24) is 0 Å². The SMILES string of the molecule is CCCOC1C(=O)CC1Oc1ccc(I)cc1. The summed E-state index contributed by atoms with van der Waals surface area (Å²) in [5.74, 6) is 0.946. The molecule has 4 heteroatoms. The van der Waals surface area contributed by atoms with E-state index in [1.165, 1.54) is 3.57 Å². The average molecular weight is 346 g/mol. The summed E-state index contributed by atoms with van der Waals surface area (Å²) in [7, 11) is 0. The maximum absolute atomic E-state index is 11.4. The fourth-order valence-electron chi connectivity index (χ4n) is 1.70. The number of benzene rings is 1. The third-order valence-corrected chi connectivity index (χ3v) is 3.38. The van der Waals surface area contributed by atoms with Gasteiger partial charge in [-0.05, 0) is 53.3 Å². The van der Waals surface area contributed by atoms with Gasteiger partial charge in [-0.2, -0.15) is 0 Å². The third-order valence-electron chi connectivity index (χ3n) is 2.66. The van der Waals surface area contributed by atoms with Crippen LogP contribution in [0.25, 0.3) is 0 Å². The van der Waals surface area contributed by atoms with Gasteiger partial charge in [-0.25, -0.2) is 0 Å². The molecule has 0 heterocycles. The quantitative estimate of drug-likeness (QED) is 0.770. The molecule has 1 aromatic rings. The topological polar surface area (TPSA) is 35.5 Å². The Morgan fingerprint density at radius 3 is 2.65 bits per heavy atom. The van der Waals surface area contributed by atoms with Crippen molar-refractivity contribution in [3.05, 3.63) is 27.8 Å². The standard InChI is InChI=1S/C13H15IO3/c1-2-7-16-13-11(15)8-12(13)17-10-5-3-9(14)4-6-10/h3-6,12-13H,2,7-8H2,1H3. The van der Waals surface area contributed by atoms with E-state index in [0.717, 1.165) is 12.2 Å². The third kappa shape index (κ3) is 3.19. The van der Waals surface area contributed by atoms with Crippen molar-refractivity contribution in [3.63, 3.8) is 0 Å². The fraction of sp³-hybridized carbons (Fsp3) is 0.462. The maximum Gasteiger partial charge on any atom is 0.169 e. The van der Waals surface area contributed by atoms with Gasteiger partial charge in [-0.1, -0.05) is 6.92 Å². The monoisotopic (exact) mass is 346 g/mol. The smallest absolute Gasteiger partial charge is 0.169 e. The second-order valence-corrected chi connectivity index (χ2v) is 5.32. The molecule has 17 heavy (non-hydrogen) atoms. The van der Waals surface area contributed by atoms with Crippen molar-refractivity contribution in [3.8, 4) is 5.75 Å². The second kappa shape index (κ2) is 5.82. The summed E-state index contributed by atoms with van der Waals surface area (Å²) in [4.78, 5) is 11.4. The van der Waals surface area contributed by atoms with Crippen molar-refractivity contribution >= 4 is 28.4 Å². The molecule has 0 amide bonds. The van der Waals surface area contributed by atoms with Gasteiger partial charge in [0.25, 0.3) is 0 Å². The Morgan fingerprint density at radius 1 is 1.35 bits per heavy atom. The van der Waals surface area contributed by atoms with Crippen LogP contribution in [0.2, 0.25) is 0 Å². The zero-order chi connectivity index (χ0) is 12.3. The van der Waals surface area contributed by atoms with Gasteiger partial charge in [0.1, 0.15) is 11.9 Å². The number of hydrogen-bond acceptors (Lipinski definition) is 3. The molecule has 0 saturated heterocycles. The molecule has 0 aromatic heterocycles. The minimum absolute atomic E-state index is 0.117. The summed E-state index contributed by atoms with van der Waals surface area (Å²) < 4.78 is 12.4. The Balaban J connectivity index is 1.90. The van der Waals surface area contributed by atoms with Crippen molar-refractivity contribution in [2.75, 3.05) is 6.61 Å². The van der Waals surface area contributed by atoms with Crippen LogP contribution < -0.4 is 4.74 Å². The highest BCUT2D eigenvalue weighted by molar-refractivity contribution is 14.1. The molecular weight excluding hydrogens is 331 g/mol. The van der Waals surface area contributed by atoms with Crippen LogP contribution in [0.5, 0.6) is 5.75 Å². The van der Waals surface area contributed by atoms with Crippen LogP contribution in [0.1, 0.15) is 19.8 Å². The van der Waals surface area contributed by atoms with Gasteiger partial charge in [-0.15, -0.1) is 0 Å². The normalized spacial score (nSPS) is 23.3. The van der Waals surface area contributed by atoms with E-state index in [2.05, 4.69) is 22.6 Å². The first-order chi connectivity index (χ1) is 8.20. The lowest BCUT2D eigenvalue weighted by atomic mass is 9.90. The molecule has 1 fully saturated rings. The summed E-state index contributed by atoms with van der Waals surface area (Å²) in [6.07, 6.45) is 0.892. The van der Waals surface area contributed by atoms with Crippen LogP contribution in [0.3, 0.4) is 0 Å². The summed E-state index contributed by atoms with van der Waals surface area (Å²) in [5, 5.41) is 0. The van der Waals surface area contributed by atoms with Crippen molar-refractivity contribution in [2.45, 2.75) is 32.0 Å². The summed E-state index contributed by atoms with van der Waals surface area (Å²) in [6.45, 7) is 2.64. The zero-order valence-corrected chi connectivity index (χ0v) is 11.8. The average Bonchev–Trinajstić information content (AvgIpc) is 2.31. The summed E-state index contributed by atoms with van der Waals surface area (Å²) in [5.41, 5.74) is 0. The number of carbonyl (C=O) groups excluding carboxylic acids is 1. The second-order valence-electron chi connectivity index (χ2n) is 4.07. The first-order valence-electron chi connectivity index (χ1n) is 5.77. The van der Waals surface area contributed by atoms with E-state index < -0.39 is 0 Å². The van der Waals surface area contributed by atoms with Crippen molar-refractivity contribution in [1.29, 1.82) is 0 Å². The molecule has 0 aliphatic heterocycles. The first kappa shape index (κ1) is 12.8. The Labute approximate surface area is 115 Å². The molecule has 0 bridgehead atoms. The highest BCUT2D eigenvalue weighted by Gasteiger charge is 2.42. The lowest BCUT2D eigenvalue weighted by Crippen LogP contribution is -2.52. The molecule has 3 nitrogen and oxygen atoms in total. The molecule has 0 N–H and O–H groups in total. The highest BCUT2D eigenvalue weighted by atomic mass is 127. The van der Waals surface area contributed by atoms with Crippen molar-refractivity contribution < 1.29 is 14.3 Å². The van der Waals surface area contributed by atoms with Crippen molar-refractivity contribution in [2.24, 2.45) is 0 Å². The summed E-state index contributed by atoms with van der Waals surface area (Å²) >= 11 is 2.24. The predicted octanol–water partition coefficient (Wildman–Crippen LogP) is 2.81. The molecular formula is C13H15IO3. The fourth-order valence-corrected chi connectivity index (χ4v) is 2.06. The van der Waals surface area contributed by atoms with E-state index in [1.807, 2.05) is 31.2 Å². The van der Waals surface area contributed by atoms with E-state index in [9.17, 15) is 4.79 Å². The van der Waals surface area contributed by atoms with Gasteiger partial charge < -0.3 is 9.47 Å². The molecule has 2 atom stereocenters. The number of ketones is 1. The molecule has 1 saturated carbocycles. The van der Waals surface area contributed by atoms with Gasteiger partial charge in [-0.3, -0.25) is 4.79 Å². The number of halogens is 1. The number of Topliss-reactive ketones (excluding diaryl/α,β-unsaturated/α-hetero) is 1. The van der Waals surface area contributed by atoms with Gasteiger partial charge in [0.15, 0.2) is 11.9 Å². The first-order valence-corrected chi connectivity index (χ1v) is 6.85. The minimum atomic E-state index is -0.366. The lowest BCUT2D eigenvalue weighted by molar-refractivity contribution is -0.154. The molecule has 1 aromatic carbocycles. The number of rotatable bonds is 5. The molecule has 0 spiro atoms. The molecule has 0 radical (unpaired) electrons. The number of hydrogen-bond donors (Lipinski definition) is 0. The van der Waals surface area contributed by atoms with Gasteiger partial charge in [0, 0.05) is 16.6 Å². The number of ether oxygens (including phenoxy) is 2. The molecule has 2 unspecified atom stereocenters. The largest absolute Gasteiger partial charge is 0.487 e. The molecule has 92 valence electrons. The van der Waals surface area contributed by atoms with E-state index in [-0.39, 0.29) is 18.0 Å². The van der Waals surface area contributed by atoms with Crippen LogP contribution >= 0.6 is 22.6 Å². The van der Waals surface area contributed by atoms with E-state index in [0.29, 0.717) is 13.0 Å². The predicted molar refractivity (Wildman–Crippen MR) is 73.2 cm³/mol. The van der Waals surface area contributed by atoms with Crippen LogP contribution in [0.15, 0.2) is 24.3 Å². The van der Waals surface area contributed by atoms with E-state index in [1.54, 1.807) is 0 Å². The van der Waals surface area contributed by atoms with E-state index >= 15 is 0 Å². The highest BCUT2D eigenvalue weighted by Crippen LogP contribution is 2.26. The Hall–Kier alpha value is -0.620. The van der Waals surface area contributed by atoms with Crippen LogP contribution in [0.4, 0.5) is 0 Å². The van der Waals surface area contributed by atoms with Gasteiger partial charge >= 0.3 is 0 Å². The zero-order valence-electron chi connectivity index (χ0n) is 9.69. The molecule has 1 aliphatic carbocycles. The van der Waals surface area contributed by atoms with Crippen LogP contribution in [0, 0.1) is 3.57 Å². The number of carbonyl (C=O) groups is 1. The van der Waals surface area contributed by atoms with Crippen LogP contribution in [-0.4, -0.2) is 24.6 Å². The Kier molecular flexibility index (Phi) is 4.39. The van der Waals surface area contributed by atoms with E-state index in [4.69, 9.17) is 9.47 Å². The summed E-state index contributed by atoms with van der Waals surface area (Å²) in [6, 6.07) is 7.81. The lowest BCUT2D eigenvalue weighted by Gasteiger charge is -2.34. The van der Waals surface area contributed by atoms with Gasteiger partial charge in [0.05, 0.1) is 0 Å². The Bertz CT molecular complexity index is 388.